The summed E-state index contributed by atoms with van der Waals surface area (Å²) in [4.78, 5) is 0. The van der Waals surface area contributed by atoms with Gasteiger partial charge in [0.15, 0.2) is 0 Å². The van der Waals surface area contributed by atoms with Crippen molar-refractivity contribution in [3.8, 4) is 0 Å². The first-order chi connectivity index (χ1) is 8.16. The van der Waals surface area contributed by atoms with Gasteiger partial charge in [-0.2, -0.15) is 0 Å². The molecule has 1 atom stereocenters. The van der Waals surface area contributed by atoms with Gasteiger partial charge in [0.25, 0.3) is 10.0 Å². The number of hydrogen-bond donors (Lipinski definition) is 2. The van der Waals surface area contributed by atoms with E-state index in [1.54, 1.807) is 13.1 Å². The van der Waals surface area contributed by atoms with Crippen LogP contribution in [0.4, 0.5) is 0 Å². The van der Waals surface area contributed by atoms with Gasteiger partial charge in [-0.05, 0) is 31.5 Å². The van der Waals surface area contributed by atoms with E-state index in [-0.39, 0.29) is 16.5 Å². The van der Waals surface area contributed by atoms with Crippen LogP contribution in [-0.2, 0) is 16.6 Å². The van der Waals surface area contributed by atoms with Crippen LogP contribution in [0.25, 0.3) is 0 Å². The van der Waals surface area contributed by atoms with E-state index < -0.39 is 10.0 Å². The molecule has 1 unspecified atom stereocenters. The summed E-state index contributed by atoms with van der Waals surface area (Å²) in [5.41, 5.74) is -0.145. The van der Waals surface area contributed by atoms with Crippen LogP contribution in [0.15, 0.2) is 21.6 Å². The normalized spacial score (nSPS) is 14.7. The molecular weight excluding hydrogens is 252 g/mol. The summed E-state index contributed by atoms with van der Waals surface area (Å²) in [5.74, 6) is 0.598. The summed E-state index contributed by atoms with van der Waals surface area (Å²) < 4.78 is 32.1. The van der Waals surface area contributed by atoms with Crippen molar-refractivity contribution in [3.05, 3.63) is 17.9 Å². The van der Waals surface area contributed by atoms with Crippen LogP contribution in [-0.4, -0.2) is 21.5 Å². The number of hydrogen-bond acceptors (Lipinski definition) is 4. The Labute approximate surface area is 109 Å². The third-order valence-corrected chi connectivity index (χ3v) is 4.30. The maximum absolute atomic E-state index is 12.1. The van der Waals surface area contributed by atoms with Crippen LogP contribution in [0.3, 0.4) is 0 Å². The highest BCUT2D eigenvalue weighted by atomic mass is 32.2. The van der Waals surface area contributed by atoms with Gasteiger partial charge in [-0.25, -0.2) is 13.1 Å². The van der Waals surface area contributed by atoms with Crippen molar-refractivity contribution in [3.63, 3.8) is 0 Å². The fourth-order valence-corrected chi connectivity index (χ4v) is 2.64. The second kappa shape index (κ2) is 5.42. The van der Waals surface area contributed by atoms with E-state index in [1.807, 2.05) is 27.7 Å². The first kappa shape index (κ1) is 15.2. The zero-order chi connectivity index (χ0) is 14.0. The van der Waals surface area contributed by atoms with E-state index in [9.17, 15) is 8.42 Å². The molecule has 6 heteroatoms. The first-order valence-corrected chi connectivity index (χ1v) is 7.41. The lowest BCUT2D eigenvalue weighted by Gasteiger charge is -2.27. The number of furan rings is 1. The lowest BCUT2D eigenvalue weighted by Crippen LogP contribution is -2.41. The topological polar surface area (TPSA) is 71.3 Å². The molecule has 1 rings (SSSR count). The van der Waals surface area contributed by atoms with Gasteiger partial charge in [0.2, 0.25) is 5.09 Å². The molecule has 18 heavy (non-hydrogen) atoms. The highest BCUT2D eigenvalue weighted by Gasteiger charge is 2.27. The van der Waals surface area contributed by atoms with Gasteiger partial charge < -0.3 is 9.73 Å². The van der Waals surface area contributed by atoms with Crippen molar-refractivity contribution < 1.29 is 12.8 Å². The van der Waals surface area contributed by atoms with E-state index in [2.05, 4.69) is 10.0 Å². The number of rotatable bonds is 5. The second-order valence-corrected chi connectivity index (χ2v) is 7.11. The molecule has 1 heterocycles. The monoisotopic (exact) mass is 274 g/mol. The number of nitrogens with one attached hydrogen (secondary N) is 2. The summed E-state index contributed by atoms with van der Waals surface area (Å²) in [7, 11) is -1.81. The maximum atomic E-state index is 12.1. The minimum Gasteiger partial charge on any atom is -0.447 e. The van der Waals surface area contributed by atoms with E-state index in [4.69, 9.17) is 4.42 Å². The molecule has 0 aromatic carbocycles. The van der Waals surface area contributed by atoms with Gasteiger partial charge in [-0.15, -0.1) is 0 Å². The molecule has 0 spiro atoms. The van der Waals surface area contributed by atoms with E-state index in [0.717, 1.165) is 0 Å². The Kier molecular flexibility index (Phi) is 4.58. The smallest absolute Gasteiger partial charge is 0.274 e. The molecule has 1 aromatic heterocycles. The predicted octanol–water partition coefficient (Wildman–Crippen LogP) is 1.71. The zero-order valence-corrected chi connectivity index (χ0v) is 12.4. The Hall–Kier alpha value is -0.850. The largest absolute Gasteiger partial charge is 0.447 e. The Morgan fingerprint density at radius 1 is 1.33 bits per heavy atom. The van der Waals surface area contributed by atoms with E-state index in [1.165, 1.54) is 6.07 Å². The SMILES string of the molecule is CNCc1ccc(S(=O)(=O)NC(C)C(C)(C)C)o1. The molecule has 0 saturated carbocycles. The molecule has 5 nitrogen and oxygen atoms in total. The Morgan fingerprint density at radius 2 is 1.94 bits per heavy atom. The Bertz CT molecular complexity index is 486. The molecule has 0 radical (unpaired) electrons. The molecule has 0 amide bonds. The average molecular weight is 274 g/mol. The molecule has 1 aromatic rings. The van der Waals surface area contributed by atoms with Crippen LogP contribution < -0.4 is 10.0 Å². The van der Waals surface area contributed by atoms with Gasteiger partial charge >= 0.3 is 0 Å². The van der Waals surface area contributed by atoms with Crippen molar-refractivity contribution in [2.24, 2.45) is 5.41 Å². The molecule has 104 valence electrons. The molecular formula is C12H22N2O3S. The zero-order valence-electron chi connectivity index (χ0n) is 11.6. The second-order valence-electron chi connectivity index (χ2n) is 5.46. The molecule has 0 bridgehead atoms. The molecule has 0 saturated heterocycles. The van der Waals surface area contributed by atoms with Crippen molar-refractivity contribution in [2.45, 2.75) is 45.4 Å². The van der Waals surface area contributed by atoms with Crippen molar-refractivity contribution in [1.29, 1.82) is 0 Å². The standard InChI is InChI=1S/C12H22N2O3S/c1-9(12(2,3)4)14-18(15,16)11-7-6-10(17-11)8-13-5/h6-7,9,13-14H,8H2,1-5H3. The first-order valence-electron chi connectivity index (χ1n) is 5.92. The van der Waals surface area contributed by atoms with Crippen molar-refractivity contribution in [1.82, 2.24) is 10.0 Å². The maximum Gasteiger partial charge on any atom is 0.274 e. The summed E-state index contributed by atoms with van der Waals surface area (Å²) in [6.45, 7) is 8.29. The quantitative estimate of drug-likeness (QED) is 0.857. The number of sulfonamides is 1. The van der Waals surface area contributed by atoms with Gasteiger partial charge in [-0.3, -0.25) is 0 Å². The van der Waals surface area contributed by atoms with Crippen LogP contribution in [0.5, 0.6) is 0 Å². The molecule has 0 aliphatic heterocycles. The fraction of sp³-hybridized carbons (Fsp3) is 0.667. The lowest BCUT2D eigenvalue weighted by molar-refractivity contribution is 0.314. The minimum atomic E-state index is -3.58. The molecule has 0 aliphatic rings. The molecule has 0 aliphatic carbocycles. The van der Waals surface area contributed by atoms with Crippen LogP contribution in [0.2, 0.25) is 0 Å². The van der Waals surface area contributed by atoms with Crippen molar-refractivity contribution in [2.75, 3.05) is 7.05 Å². The molecule has 2 N–H and O–H groups in total. The van der Waals surface area contributed by atoms with Gasteiger partial charge in [0, 0.05) is 6.04 Å². The summed E-state index contributed by atoms with van der Waals surface area (Å²) >= 11 is 0. The van der Waals surface area contributed by atoms with Crippen LogP contribution in [0, 0.1) is 5.41 Å². The Morgan fingerprint density at radius 3 is 2.44 bits per heavy atom. The highest BCUT2D eigenvalue weighted by Crippen LogP contribution is 2.21. The molecule has 0 fully saturated rings. The third kappa shape index (κ3) is 3.83. The van der Waals surface area contributed by atoms with E-state index in [0.29, 0.717) is 12.3 Å². The highest BCUT2D eigenvalue weighted by molar-refractivity contribution is 7.89. The van der Waals surface area contributed by atoms with Crippen LogP contribution in [0.1, 0.15) is 33.5 Å². The van der Waals surface area contributed by atoms with Gasteiger partial charge in [0.1, 0.15) is 5.76 Å². The Balaban J connectivity index is 2.86. The fourth-order valence-electron chi connectivity index (χ4n) is 1.24. The summed E-state index contributed by atoms with van der Waals surface area (Å²) in [6.07, 6.45) is 0. The summed E-state index contributed by atoms with van der Waals surface area (Å²) in [5, 5.41) is 2.87. The third-order valence-electron chi connectivity index (χ3n) is 2.88. The minimum absolute atomic E-state index is 0.0381. The average Bonchev–Trinajstić information content (AvgIpc) is 2.65. The summed E-state index contributed by atoms with van der Waals surface area (Å²) in [6, 6.07) is 2.96. The van der Waals surface area contributed by atoms with E-state index >= 15 is 0 Å². The van der Waals surface area contributed by atoms with Gasteiger partial charge in [0.05, 0.1) is 6.54 Å². The van der Waals surface area contributed by atoms with Crippen LogP contribution >= 0.6 is 0 Å². The van der Waals surface area contributed by atoms with Gasteiger partial charge in [-0.1, -0.05) is 20.8 Å². The predicted molar refractivity (Wildman–Crippen MR) is 70.7 cm³/mol. The lowest BCUT2D eigenvalue weighted by atomic mass is 9.89. The van der Waals surface area contributed by atoms with Crippen molar-refractivity contribution >= 4 is 10.0 Å².